The van der Waals surface area contributed by atoms with Crippen LogP contribution in [0.2, 0.25) is 5.02 Å². The Morgan fingerprint density at radius 3 is 2.70 bits per heavy atom. The van der Waals surface area contributed by atoms with Crippen molar-refractivity contribution in [2.75, 3.05) is 26.7 Å². The first-order chi connectivity index (χ1) is 9.43. The Morgan fingerprint density at radius 2 is 2.10 bits per heavy atom. The number of aromatic nitrogens is 1. The predicted molar refractivity (Wildman–Crippen MR) is 74.9 cm³/mol. The van der Waals surface area contributed by atoms with Gasteiger partial charge < -0.3 is 4.90 Å². The molecule has 0 radical (unpaired) electrons. The zero-order valence-corrected chi connectivity index (χ0v) is 12.7. The fraction of sp³-hybridized carbons (Fsp3) is 0.500. The highest BCUT2D eigenvalue weighted by atomic mass is 35.5. The van der Waals surface area contributed by atoms with Gasteiger partial charge in [0.25, 0.3) is 0 Å². The summed E-state index contributed by atoms with van der Waals surface area (Å²) in [5.74, 6) is -0.186. The second-order valence-corrected chi connectivity index (χ2v) is 7.08. The zero-order chi connectivity index (χ0) is 14.8. The molecule has 0 unspecified atom stereocenters. The minimum Gasteiger partial charge on any atom is -0.342 e. The van der Waals surface area contributed by atoms with Crippen LogP contribution < -0.4 is 0 Å². The average molecular weight is 318 g/mol. The number of pyridine rings is 1. The molecular weight excluding hydrogens is 302 g/mol. The van der Waals surface area contributed by atoms with Crippen molar-refractivity contribution in [3.8, 4) is 0 Å². The maximum atomic E-state index is 12.3. The van der Waals surface area contributed by atoms with Gasteiger partial charge in [0.15, 0.2) is 0 Å². The third kappa shape index (κ3) is 3.11. The molecular formula is C12H16ClN3O3S. The molecule has 0 saturated carbocycles. The predicted octanol–water partition coefficient (Wildman–Crippen LogP) is 0.978. The standard InChI is InChI=1S/C12H16ClN3O3S/c1-15(9-12(17)16-6-2-3-7-16)20(18,19)11-8-14-5-4-10(11)13/h4-5,8H,2-3,6-7,9H2,1H3. The van der Waals surface area contributed by atoms with Crippen LogP contribution in [-0.4, -0.2) is 55.2 Å². The van der Waals surface area contributed by atoms with Crippen LogP contribution in [0.25, 0.3) is 0 Å². The average Bonchev–Trinajstić information content (AvgIpc) is 2.92. The number of hydrogen-bond donors (Lipinski definition) is 0. The van der Waals surface area contributed by atoms with Crippen molar-refractivity contribution in [2.45, 2.75) is 17.7 Å². The van der Waals surface area contributed by atoms with Crippen molar-refractivity contribution < 1.29 is 13.2 Å². The Labute approximate surface area is 123 Å². The van der Waals surface area contributed by atoms with Gasteiger partial charge in [-0.3, -0.25) is 9.78 Å². The lowest BCUT2D eigenvalue weighted by Gasteiger charge is -2.21. The molecule has 6 nitrogen and oxygen atoms in total. The maximum absolute atomic E-state index is 12.3. The number of sulfonamides is 1. The van der Waals surface area contributed by atoms with Crippen molar-refractivity contribution in [2.24, 2.45) is 0 Å². The number of halogens is 1. The van der Waals surface area contributed by atoms with Crippen LogP contribution in [0.15, 0.2) is 23.4 Å². The highest BCUT2D eigenvalue weighted by Crippen LogP contribution is 2.22. The molecule has 1 fully saturated rings. The largest absolute Gasteiger partial charge is 0.342 e. The molecule has 110 valence electrons. The number of nitrogens with zero attached hydrogens (tertiary/aromatic N) is 3. The molecule has 0 N–H and O–H groups in total. The molecule has 0 bridgehead atoms. The van der Waals surface area contributed by atoms with Gasteiger partial charge in [0, 0.05) is 32.5 Å². The Balaban J connectivity index is 2.13. The summed E-state index contributed by atoms with van der Waals surface area (Å²) in [6.45, 7) is 1.20. The first kappa shape index (κ1) is 15.2. The van der Waals surface area contributed by atoms with Crippen molar-refractivity contribution >= 4 is 27.5 Å². The number of amides is 1. The zero-order valence-electron chi connectivity index (χ0n) is 11.1. The van der Waals surface area contributed by atoms with Gasteiger partial charge in [-0.15, -0.1) is 0 Å². The lowest BCUT2D eigenvalue weighted by atomic mass is 10.4. The van der Waals surface area contributed by atoms with Crippen LogP contribution in [0.5, 0.6) is 0 Å². The van der Waals surface area contributed by atoms with Gasteiger partial charge in [0.1, 0.15) is 4.90 Å². The molecule has 0 aromatic carbocycles. The van der Waals surface area contributed by atoms with E-state index in [0.717, 1.165) is 17.1 Å². The van der Waals surface area contributed by atoms with Gasteiger partial charge in [-0.2, -0.15) is 4.31 Å². The minimum absolute atomic E-state index is 0.0848. The summed E-state index contributed by atoms with van der Waals surface area (Å²) in [5.41, 5.74) is 0. The van der Waals surface area contributed by atoms with Gasteiger partial charge >= 0.3 is 0 Å². The monoisotopic (exact) mass is 317 g/mol. The lowest BCUT2D eigenvalue weighted by Crippen LogP contribution is -2.39. The van der Waals surface area contributed by atoms with E-state index < -0.39 is 10.0 Å². The summed E-state index contributed by atoms with van der Waals surface area (Å²) in [5, 5.41) is 0.0977. The van der Waals surface area contributed by atoms with Gasteiger partial charge in [-0.25, -0.2) is 8.42 Å². The van der Waals surface area contributed by atoms with Crippen LogP contribution in [0.4, 0.5) is 0 Å². The second kappa shape index (κ2) is 6.07. The maximum Gasteiger partial charge on any atom is 0.246 e. The first-order valence-electron chi connectivity index (χ1n) is 6.26. The summed E-state index contributed by atoms with van der Waals surface area (Å²) in [4.78, 5) is 17.3. The summed E-state index contributed by atoms with van der Waals surface area (Å²) in [6.07, 6.45) is 4.54. The van der Waals surface area contributed by atoms with Crippen LogP contribution >= 0.6 is 11.6 Å². The summed E-state index contributed by atoms with van der Waals surface area (Å²) in [6, 6.07) is 1.41. The van der Waals surface area contributed by atoms with Crippen LogP contribution in [0.3, 0.4) is 0 Å². The van der Waals surface area contributed by atoms with E-state index in [1.54, 1.807) is 4.90 Å². The molecule has 0 aliphatic carbocycles. The first-order valence-corrected chi connectivity index (χ1v) is 8.08. The molecule has 1 saturated heterocycles. The van der Waals surface area contributed by atoms with E-state index >= 15 is 0 Å². The van der Waals surface area contributed by atoms with Crippen LogP contribution in [-0.2, 0) is 14.8 Å². The fourth-order valence-corrected chi connectivity index (χ4v) is 3.59. The topological polar surface area (TPSA) is 70.6 Å². The number of hydrogen-bond acceptors (Lipinski definition) is 4. The third-order valence-electron chi connectivity index (χ3n) is 3.24. The highest BCUT2D eigenvalue weighted by Gasteiger charge is 2.28. The van der Waals surface area contributed by atoms with Crippen molar-refractivity contribution in [3.63, 3.8) is 0 Å². The molecule has 1 aliphatic rings. The Kier molecular flexibility index (Phi) is 4.62. The minimum atomic E-state index is -3.80. The molecule has 2 heterocycles. The fourth-order valence-electron chi connectivity index (χ4n) is 2.06. The molecule has 2 rings (SSSR count). The summed E-state index contributed by atoms with van der Waals surface area (Å²) >= 11 is 5.88. The Bertz CT molecular complexity index is 600. The number of carbonyl (C=O) groups excluding carboxylic acids is 1. The Morgan fingerprint density at radius 1 is 1.45 bits per heavy atom. The molecule has 0 spiro atoms. The van der Waals surface area contributed by atoms with Crippen LogP contribution in [0, 0.1) is 0 Å². The molecule has 1 amide bonds. The van der Waals surface area contributed by atoms with Crippen molar-refractivity contribution in [1.29, 1.82) is 0 Å². The van der Waals surface area contributed by atoms with Crippen molar-refractivity contribution in [3.05, 3.63) is 23.5 Å². The molecule has 1 aliphatic heterocycles. The van der Waals surface area contributed by atoms with Gasteiger partial charge in [-0.05, 0) is 18.9 Å². The Hall–Kier alpha value is -1.18. The smallest absolute Gasteiger partial charge is 0.246 e. The molecule has 20 heavy (non-hydrogen) atoms. The quantitative estimate of drug-likeness (QED) is 0.830. The van der Waals surface area contributed by atoms with Gasteiger partial charge in [-0.1, -0.05) is 11.6 Å². The normalized spacial score (nSPS) is 15.8. The number of likely N-dealkylation sites (tertiary alicyclic amines) is 1. The van der Waals surface area contributed by atoms with E-state index in [1.165, 1.54) is 25.5 Å². The van der Waals surface area contributed by atoms with Gasteiger partial charge in [0.2, 0.25) is 15.9 Å². The van der Waals surface area contributed by atoms with E-state index in [4.69, 9.17) is 11.6 Å². The van der Waals surface area contributed by atoms with E-state index in [1.807, 2.05) is 0 Å². The third-order valence-corrected chi connectivity index (χ3v) is 5.51. The number of rotatable bonds is 4. The van der Waals surface area contributed by atoms with Crippen LogP contribution in [0.1, 0.15) is 12.8 Å². The molecule has 1 aromatic heterocycles. The van der Waals surface area contributed by atoms with E-state index in [-0.39, 0.29) is 22.4 Å². The van der Waals surface area contributed by atoms with Gasteiger partial charge in [0.05, 0.1) is 11.6 Å². The summed E-state index contributed by atoms with van der Waals surface area (Å²) < 4.78 is 25.7. The van der Waals surface area contributed by atoms with Crippen molar-refractivity contribution in [1.82, 2.24) is 14.2 Å². The highest BCUT2D eigenvalue weighted by molar-refractivity contribution is 7.89. The SMILES string of the molecule is CN(CC(=O)N1CCCC1)S(=O)(=O)c1cnccc1Cl. The molecule has 8 heteroatoms. The molecule has 1 aromatic rings. The molecule has 0 atom stereocenters. The lowest BCUT2D eigenvalue weighted by molar-refractivity contribution is -0.130. The summed E-state index contributed by atoms with van der Waals surface area (Å²) in [7, 11) is -2.44. The van der Waals surface area contributed by atoms with E-state index in [0.29, 0.717) is 13.1 Å². The number of carbonyl (C=O) groups is 1. The second-order valence-electron chi connectivity index (χ2n) is 4.66. The van der Waals surface area contributed by atoms with E-state index in [9.17, 15) is 13.2 Å². The number of likely N-dealkylation sites (N-methyl/N-ethyl adjacent to an activating group) is 1. The van der Waals surface area contributed by atoms with E-state index in [2.05, 4.69) is 4.98 Å².